The van der Waals surface area contributed by atoms with Crippen molar-refractivity contribution in [3.05, 3.63) is 39.8 Å². The van der Waals surface area contributed by atoms with Crippen LogP contribution in [0.15, 0.2) is 44.8 Å². The van der Waals surface area contributed by atoms with Gasteiger partial charge < -0.3 is 15.0 Å². The van der Waals surface area contributed by atoms with E-state index in [1.54, 1.807) is 0 Å². The van der Waals surface area contributed by atoms with E-state index in [0.717, 1.165) is 19.1 Å². The van der Waals surface area contributed by atoms with Crippen LogP contribution in [0.25, 0.3) is 0 Å². The van der Waals surface area contributed by atoms with E-state index in [4.69, 9.17) is 0 Å². The second-order valence-corrected chi connectivity index (χ2v) is 5.45. The van der Waals surface area contributed by atoms with Crippen LogP contribution >= 0.6 is 0 Å². The van der Waals surface area contributed by atoms with Crippen LogP contribution in [0.2, 0.25) is 0 Å². The summed E-state index contributed by atoms with van der Waals surface area (Å²) in [6.45, 7) is 1.16. The Morgan fingerprint density at radius 3 is 2.43 bits per heavy atom. The molecule has 0 saturated carbocycles. The summed E-state index contributed by atoms with van der Waals surface area (Å²) in [4.78, 5) is 20.6. The number of likely N-dealkylation sites (N-methyl/N-ethyl adjacent to an activating group) is 1. The Bertz CT molecular complexity index is 810. The predicted octanol–water partition coefficient (Wildman–Crippen LogP) is 1.12. The first-order valence-corrected chi connectivity index (χ1v) is 7.26. The Hall–Kier alpha value is -2.86. The van der Waals surface area contributed by atoms with Gasteiger partial charge in [-0.05, 0) is 19.1 Å². The predicted molar refractivity (Wildman–Crippen MR) is 75.0 cm³/mol. The number of carbonyl (C=O) groups excluding carboxylic acids is 1. The number of hydrogen-bond acceptors (Lipinski definition) is 9. The molecule has 1 rings (SSSR count). The summed E-state index contributed by atoms with van der Waals surface area (Å²) in [7, 11) is -3.60. The number of benzene rings is 1. The van der Waals surface area contributed by atoms with E-state index in [1.807, 2.05) is 0 Å². The van der Waals surface area contributed by atoms with E-state index >= 15 is 0 Å². The Morgan fingerprint density at radius 2 is 2.00 bits per heavy atom. The number of nitrogens with one attached hydrogen (secondary N) is 1. The molecule has 0 spiro atoms. The number of allylic oxidation sites excluding steroid dienone is 1. The molecular weight excluding hydrogens is 332 g/mol. The van der Waals surface area contributed by atoms with Gasteiger partial charge in [0.2, 0.25) is 0 Å². The standard InChI is InChI=1S/C11H12N4O7S/c1-6(16)10(11(17)12-2)14-13-8-4-3-7(23(20,21)22)5-9(8)15(18)19/h3-5,16H,1-2H3,(H,12,17)(H,20,21,22)/p-1/b10-6-,14-13?. The molecule has 0 heterocycles. The summed E-state index contributed by atoms with van der Waals surface area (Å²) in [5, 5.41) is 29.3. The maximum Gasteiger partial charge on any atom is 0.297 e. The summed E-state index contributed by atoms with van der Waals surface area (Å²) < 4.78 is 32.6. The number of amides is 1. The Morgan fingerprint density at radius 1 is 1.39 bits per heavy atom. The van der Waals surface area contributed by atoms with Gasteiger partial charge in [-0.15, -0.1) is 10.2 Å². The van der Waals surface area contributed by atoms with E-state index in [9.17, 15) is 33.0 Å². The van der Waals surface area contributed by atoms with Crippen LogP contribution in [-0.4, -0.2) is 36.0 Å². The third kappa shape index (κ3) is 4.55. The summed E-state index contributed by atoms with van der Waals surface area (Å²) in [5.41, 5.74) is -1.68. The lowest BCUT2D eigenvalue weighted by molar-refractivity contribution is -0.384. The van der Waals surface area contributed by atoms with Crippen LogP contribution in [0.1, 0.15) is 6.92 Å². The molecule has 0 radical (unpaired) electrons. The van der Waals surface area contributed by atoms with Crippen LogP contribution in [0.4, 0.5) is 11.4 Å². The summed E-state index contributed by atoms with van der Waals surface area (Å²) in [6, 6.07) is 2.24. The molecule has 1 aromatic carbocycles. The Balaban J connectivity index is 3.39. The number of hydrogen-bond donors (Lipinski definition) is 2. The molecular formula is C11H11N4O7S-. The molecule has 2 N–H and O–H groups in total. The molecule has 0 saturated heterocycles. The maximum absolute atomic E-state index is 11.4. The second kappa shape index (κ2) is 6.93. The molecule has 0 bridgehead atoms. The van der Waals surface area contributed by atoms with E-state index < -0.39 is 48.7 Å². The number of nitro benzene ring substituents is 1. The highest BCUT2D eigenvalue weighted by molar-refractivity contribution is 7.85. The zero-order valence-electron chi connectivity index (χ0n) is 11.9. The van der Waals surface area contributed by atoms with Crippen molar-refractivity contribution in [2.45, 2.75) is 11.8 Å². The molecule has 0 unspecified atom stereocenters. The number of azo groups is 1. The average Bonchev–Trinajstić information content (AvgIpc) is 2.45. The normalized spacial score (nSPS) is 12.8. The number of carbonyl (C=O) groups is 1. The largest absolute Gasteiger partial charge is 0.744 e. The number of nitrogens with zero attached hydrogens (tertiary/aromatic N) is 3. The highest BCUT2D eigenvalue weighted by Gasteiger charge is 2.18. The van der Waals surface area contributed by atoms with Gasteiger partial charge in [0.25, 0.3) is 11.6 Å². The minimum absolute atomic E-state index is 0.398. The Kier molecular flexibility index (Phi) is 5.48. The lowest BCUT2D eigenvalue weighted by atomic mass is 10.3. The monoisotopic (exact) mass is 343 g/mol. The first-order valence-electron chi connectivity index (χ1n) is 5.86. The molecule has 0 atom stereocenters. The Labute approximate surface area is 130 Å². The van der Waals surface area contributed by atoms with Gasteiger partial charge in [0.15, 0.2) is 11.4 Å². The van der Waals surface area contributed by atoms with Crippen molar-refractivity contribution in [1.82, 2.24) is 5.32 Å². The molecule has 23 heavy (non-hydrogen) atoms. The molecule has 0 aliphatic carbocycles. The minimum Gasteiger partial charge on any atom is -0.744 e. The summed E-state index contributed by atoms with van der Waals surface area (Å²) in [5.74, 6) is -1.26. The zero-order chi connectivity index (χ0) is 17.8. The first kappa shape index (κ1) is 18.2. The quantitative estimate of drug-likeness (QED) is 0.201. The first-order chi connectivity index (χ1) is 10.6. The van der Waals surface area contributed by atoms with Gasteiger partial charge in [-0.25, -0.2) is 8.42 Å². The third-order valence-electron chi connectivity index (χ3n) is 2.47. The van der Waals surface area contributed by atoms with E-state index in [0.29, 0.717) is 6.07 Å². The van der Waals surface area contributed by atoms with Crippen LogP contribution in [-0.2, 0) is 14.9 Å². The molecule has 0 aliphatic heterocycles. The molecule has 0 fully saturated rings. The minimum atomic E-state index is -4.88. The van der Waals surface area contributed by atoms with Gasteiger partial charge in [-0.1, -0.05) is 0 Å². The number of aliphatic hydroxyl groups excluding tert-OH is 1. The fourth-order valence-electron chi connectivity index (χ4n) is 1.39. The lowest BCUT2D eigenvalue weighted by Gasteiger charge is -2.07. The summed E-state index contributed by atoms with van der Waals surface area (Å²) >= 11 is 0. The van der Waals surface area contributed by atoms with Gasteiger partial charge >= 0.3 is 0 Å². The fourth-order valence-corrected chi connectivity index (χ4v) is 1.88. The van der Waals surface area contributed by atoms with E-state index in [1.165, 1.54) is 7.05 Å². The van der Waals surface area contributed by atoms with Crippen molar-refractivity contribution in [2.75, 3.05) is 7.05 Å². The number of nitro groups is 1. The van der Waals surface area contributed by atoms with Crippen LogP contribution < -0.4 is 5.32 Å². The SMILES string of the molecule is CNC(=O)/C(N=Nc1ccc(S(=O)(=O)[O-])cc1[N+](=O)[O-])=C(\C)O. The molecule has 0 aliphatic rings. The van der Waals surface area contributed by atoms with Crippen LogP contribution in [0.3, 0.4) is 0 Å². The molecule has 1 aromatic rings. The number of aliphatic hydroxyl groups is 1. The van der Waals surface area contributed by atoms with Crippen molar-refractivity contribution < 1.29 is 27.8 Å². The summed E-state index contributed by atoms with van der Waals surface area (Å²) in [6.07, 6.45) is 0. The van der Waals surface area contributed by atoms with E-state index in [2.05, 4.69) is 15.5 Å². The van der Waals surface area contributed by atoms with Crippen LogP contribution in [0, 0.1) is 10.1 Å². The fraction of sp³-hybridized carbons (Fsp3) is 0.182. The second-order valence-electron chi connectivity index (χ2n) is 4.07. The molecule has 12 heteroatoms. The van der Waals surface area contributed by atoms with Gasteiger partial charge in [0.1, 0.15) is 15.9 Å². The van der Waals surface area contributed by atoms with E-state index in [-0.39, 0.29) is 0 Å². The average molecular weight is 343 g/mol. The van der Waals surface area contributed by atoms with Crippen molar-refractivity contribution in [3.63, 3.8) is 0 Å². The molecule has 0 aromatic heterocycles. The smallest absolute Gasteiger partial charge is 0.297 e. The topological polar surface area (TPSA) is 174 Å². The highest BCUT2D eigenvalue weighted by atomic mass is 32.2. The van der Waals surface area contributed by atoms with Gasteiger partial charge in [0, 0.05) is 13.1 Å². The van der Waals surface area contributed by atoms with Crippen molar-refractivity contribution in [3.8, 4) is 0 Å². The van der Waals surface area contributed by atoms with Crippen molar-refractivity contribution in [1.29, 1.82) is 0 Å². The lowest BCUT2D eigenvalue weighted by Crippen LogP contribution is -2.20. The zero-order valence-corrected chi connectivity index (χ0v) is 12.7. The van der Waals surface area contributed by atoms with Crippen molar-refractivity contribution in [2.24, 2.45) is 10.2 Å². The molecule has 11 nitrogen and oxygen atoms in total. The molecule has 124 valence electrons. The van der Waals surface area contributed by atoms with Crippen molar-refractivity contribution >= 4 is 27.4 Å². The third-order valence-corrected chi connectivity index (χ3v) is 3.31. The molecule has 1 amide bonds. The van der Waals surface area contributed by atoms with Gasteiger partial charge in [0.05, 0.1) is 9.82 Å². The maximum atomic E-state index is 11.4. The number of rotatable bonds is 5. The van der Waals surface area contributed by atoms with Gasteiger partial charge in [-0.2, -0.15) is 0 Å². The van der Waals surface area contributed by atoms with Gasteiger partial charge in [-0.3, -0.25) is 14.9 Å². The highest BCUT2D eigenvalue weighted by Crippen LogP contribution is 2.30. The van der Waals surface area contributed by atoms with Crippen LogP contribution in [0.5, 0.6) is 0 Å².